The number of halogens is 1. The van der Waals surface area contributed by atoms with Crippen molar-refractivity contribution in [3.05, 3.63) is 52.5 Å². The summed E-state index contributed by atoms with van der Waals surface area (Å²) in [7, 11) is 0. The summed E-state index contributed by atoms with van der Waals surface area (Å²) in [6, 6.07) is 3.53. The lowest BCUT2D eigenvalue weighted by molar-refractivity contribution is 0.0697. The first-order chi connectivity index (χ1) is 7.65. The highest BCUT2D eigenvalue weighted by molar-refractivity contribution is 9.10. The average Bonchev–Trinajstić information content (AvgIpc) is 2.66. The molecular weight excluding hydrogens is 272 g/mol. The summed E-state index contributed by atoms with van der Waals surface area (Å²) < 4.78 is 2.73. The zero-order valence-corrected chi connectivity index (χ0v) is 9.89. The Labute approximate surface area is 101 Å². The van der Waals surface area contributed by atoms with Crippen LogP contribution >= 0.6 is 15.9 Å². The lowest BCUT2D eigenvalue weighted by Gasteiger charge is -2.02. The van der Waals surface area contributed by atoms with Crippen LogP contribution in [0.4, 0.5) is 0 Å². The molecule has 2 rings (SSSR count). The van der Waals surface area contributed by atoms with Crippen molar-refractivity contribution in [2.45, 2.75) is 6.54 Å². The number of carboxylic acid groups (broad SMARTS) is 1. The highest BCUT2D eigenvalue weighted by Gasteiger charge is 2.04. The van der Waals surface area contributed by atoms with Crippen LogP contribution in [0.3, 0.4) is 0 Å². The molecule has 1 N–H and O–H groups in total. The van der Waals surface area contributed by atoms with Crippen LogP contribution in [-0.2, 0) is 6.54 Å². The monoisotopic (exact) mass is 280 g/mol. The molecule has 0 fully saturated rings. The predicted octanol–water partition coefficient (Wildman–Crippen LogP) is 2.39. The Morgan fingerprint density at radius 2 is 2.31 bits per heavy atom. The summed E-state index contributed by atoms with van der Waals surface area (Å²) in [4.78, 5) is 14.7. The van der Waals surface area contributed by atoms with E-state index in [9.17, 15) is 4.79 Å². The first-order valence-corrected chi connectivity index (χ1v) is 5.43. The van der Waals surface area contributed by atoms with Gasteiger partial charge in [-0.2, -0.15) is 0 Å². The van der Waals surface area contributed by atoms with Gasteiger partial charge in [0, 0.05) is 35.8 Å². The third kappa shape index (κ3) is 2.49. The number of nitrogens with zero attached hydrogens (tertiary/aromatic N) is 2. The number of carbonyl (C=O) groups is 1. The molecule has 2 aromatic heterocycles. The van der Waals surface area contributed by atoms with Crippen LogP contribution in [-0.4, -0.2) is 20.6 Å². The molecule has 2 aromatic rings. The van der Waals surface area contributed by atoms with Gasteiger partial charge in [0.15, 0.2) is 0 Å². The van der Waals surface area contributed by atoms with E-state index in [1.54, 1.807) is 30.9 Å². The lowest BCUT2D eigenvalue weighted by Crippen LogP contribution is -1.98. The number of aromatic carboxylic acids is 1. The molecule has 2 heterocycles. The molecular formula is C11H9BrN2O2. The van der Waals surface area contributed by atoms with Gasteiger partial charge >= 0.3 is 5.97 Å². The zero-order chi connectivity index (χ0) is 11.5. The van der Waals surface area contributed by atoms with Gasteiger partial charge in [-0.15, -0.1) is 0 Å². The number of pyridine rings is 1. The maximum Gasteiger partial charge on any atom is 0.337 e. The Bertz CT molecular complexity index is 522. The molecule has 0 amide bonds. The molecule has 4 nitrogen and oxygen atoms in total. The zero-order valence-electron chi connectivity index (χ0n) is 8.30. The van der Waals surface area contributed by atoms with E-state index in [0.29, 0.717) is 12.1 Å². The minimum absolute atomic E-state index is 0.294. The number of aromatic nitrogens is 2. The molecule has 16 heavy (non-hydrogen) atoms. The molecule has 0 aliphatic heterocycles. The standard InChI is InChI=1S/C11H9BrN2O2/c12-10-3-8(4-13-5-10)6-14-2-1-9(7-14)11(15)16/h1-5,7H,6H2,(H,15,16). The second kappa shape index (κ2) is 4.49. The van der Waals surface area contributed by atoms with Gasteiger partial charge < -0.3 is 9.67 Å². The van der Waals surface area contributed by atoms with Crippen molar-refractivity contribution in [3.63, 3.8) is 0 Å². The summed E-state index contributed by atoms with van der Waals surface area (Å²) in [6.45, 7) is 0.611. The second-order valence-corrected chi connectivity index (χ2v) is 4.30. The third-order valence-electron chi connectivity index (χ3n) is 2.12. The first kappa shape index (κ1) is 10.9. The van der Waals surface area contributed by atoms with Gasteiger partial charge in [-0.25, -0.2) is 4.79 Å². The van der Waals surface area contributed by atoms with Crippen molar-refractivity contribution in [2.24, 2.45) is 0 Å². The maximum atomic E-state index is 10.7. The van der Waals surface area contributed by atoms with Crippen LogP contribution in [0.15, 0.2) is 41.4 Å². The maximum absolute atomic E-state index is 10.7. The van der Waals surface area contributed by atoms with E-state index in [0.717, 1.165) is 10.0 Å². The van der Waals surface area contributed by atoms with Gasteiger partial charge in [-0.3, -0.25) is 4.98 Å². The molecule has 0 spiro atoms. The molecule has 0 bridgehead atoms. The van der Waals surface area contributed by atoms with Crippen LogP contribution in [0, 0.1) is 0 Å². The Morgan fingerprint density at radius 3 is 2.94 bits per heavy atom. The third-order valence-corrected chi connectivity index (χ3v) is 2.56. The van der Waals surface area contributed by atoms with Crippen molar-refractivity contribution in [1.29, 1.82) is 0 Å². The first-order valence-electron chi connectivity index (χ1n) is 4.63. The molecule has 0 aromatic carbocycles. The summed E-state index contributed by atoms with van der Waals surface area (Å²) >= 11 is 3.34. The van der Waals surface area contributed by atoms with Gasteiger partial charge in [0.25, 0.3) is 0 Å². The van der Waals surface area contributed by atoms with E-state index in [-0.39, 0.29) is 0 Å². The fraction of sp³-hybridized carbons (Fsp3) is 0.0909. The highest BCUT2D eigenvalue weighted by Crippen LogP contribution is 2.11. The van der Waals surface area contributed by atoms with Crippen LogP contribution < -0.4 is 0 Å². The molecule has 0 saturated heterocycles. The molecule has 82 valence electrons. The minimum Gasteiger partial charge on any atom is -0.478 e. The fourth-order valence-electron chi connectivity index (χ4n) is 1.42. The summed E-state index contributed by atoms with van der Waals surface area (Å²) in [5, 5.41) is 8.78. The summed E-state index contributed by atoms with van der Waals surface area (Å²) in [5.74, 6) is -0.911. The van der Waals surface area contributed by atoms with Crippen molar-refractivity contribution in [2.75, 3.05) is 0 Å². The minimum atomic E-state index is -0.911. The van der Waals surface area contributed by atoms with E-state index in [1.807, 2.05) is 10.6 Å². The Morgan fingerprint density at radius 1 is 1.50 bits per heavy atom. The average molecular weight is 281 g/mol. The van der Waals surface area contributed by atoms with E-state index < -0.39 is 5.97 Å². The van der Waals surface area contributed by atoms with Gasteiger partial charge in [0.2, 0.25) is 0 Å². The molecule has 0 aliphatic carbocycles. The van der Waals surface area contributed by atoms with E-state index in [4.69, 9.17) is 5.11 Å². The summed E-state index contributed by atoms with van der Waals surface area (Å²) in [5.41, 5.74) is 1.31. The van der Waals surface area contributed by atoms with Crippen molar-refractivity contribution < 1.29 is 9.90 Å². The smallest absolute Gasteiger partial charge is 0.337 e. The summed E-state index contributed by atoms with van der Waals surface area (Å²) in [6.07, 6.45) is 6.81. The second-order valence-electron chi connectivity index (χ2n) is 3.39. The van der Waals surface area contributed by atoms with E-state index >= 15 is 0 Å². The van der Waals surface area contributed by atoms with Crippen molar-refractivity contribution in [3.8, 4) is 0 Å². The number of carboxylic acids is 1. The lowest BCUT2D eigenvalue weighted by atomic mass is 10.3. The quantitative estimate of drug-likeness (QED) is 0.939. The SMILES string of the molecule is O=C(O)c1ccn(Cc2cncc(Br)c2)c1. The van der Waals surface area contributed by atoms with Crippen molar-refractivity contribution >= 4 is 21.9 Å². The molecule has 5 heteroatoms. The largest absolute Gasteiger partial charge is 0.478 e. The highest BCUT2D eigenvalue weighted by atomic mass is 79.9. The fourth-order valence-corrected chi connectivity index (χ4v) is 1.83. The van der Waals surface area contributed by atoms with E-state index in [2.05, 4.69) is 20.9 Å². The van der Waals surface area contributed by atoms with Gasteiger partial charge in [0.05, 0.1) is 5.56 Å². The topological polar surface area (TPSA) is 55.1 Å². The van der Waals surface area contributed by atoms with Gasteiger partial charge in [-0.05, 0) is 33.6 Å². The van der Waals surface area contributed by atoms with Crippen LogP contribution in [0.2, 0.25) is 0 Å². The molecule has 0 aliphatic rings. The molecule has 0 saturated carbocycles. The molecule has 0 radical (unpaired) electrons. The van der Waals surface area contributed by atoms with Gasteiger partial charge in [0.1, 0.15) is 0 Å². The van der Waals surface area contributed by atoms with Crippen LogP contribution in [0.5, 0.6) is 0 Å². The number of hydrogen-bond donors (Lipinski definition) is 1. The Balaban J connectivity index is 2.17. The van der Waals surface area contributed by atoms with Crippen LogP contribution in [0.1, 0.15) is 15.9 Å². The molecule has 0 atom stereocenters. The number of hydrogen-bond acceptors (Lipinski definition) is 2. The number of rotatable bonds is 3. The van der Waals surface area contributed by atoms with Crippen LogP contribution in [0.25, 0.3) is 0 Å². The predicted molar refractivity (Wildman–Crippen MR) is 62.4 cm³/mol. The van der Waals surface area contributed by atoms with Crippen molar-refractivity contribution in [1.82, 2.24) is 9.55 Å². The Kier molecular flexibility index (Phi) is 3.05. The Hall–Kier alpha value is -1.62. The molecule has 0 unspecified atom stereocenters. The van der Waals surface area contributed by atoms with E-state index in [1.165, 1.54) is 0 Å². The van der Waals surface area contributed by atoms with Gasteiger partial charge in [-0.1, -0.05) is 0 Å². The normalized spacial score (nSPS) is 10.3.